The number of nitrogens with one attached hydrogen (secondary N) is 1. The van der Waals surface area contributed by atoms with E-state index in [9.17, 15) is 9.18 Å². The summed E-state index contributed by atoms with van der Waals surface area (Å²) in [7, 11) is 0. The maximum Gasteiger partial charge on any atom is 0.264 e. The zero-order valence-electron chi connectivity index (χ0n) is 16.2. The number of amidine groups is 1. The highest BCUT2D eigenvalue weighted by Crippen LogP contribution is 2.37. The number of ether oxygens (including phenoxy) is 1. The van der Waals surface area contributed by atoms with E-state index in [4.69, 9.17) is 16.3 Å². The molecule has 4 nitrogen and oxygen atoms in total. The van der Waals surface area contributed by atoms with Crippen molar-refractivity contribution in [2.45, 2.75) is 6.61 Å². The van der Waals surface area contributed by atoms with Crippen molar-refractivity contribution >= 4 is 78.1 Å². The average molecular weight is 597 g/mol. The van der Waals surface area contributed by atoms with Crippen LogP contribution in [-0.4, -0.2) is 11.1 Å². The van der Waals surface area contributed by atoms with Crippen molar-refractivity contribution in [3.63, 3.8) is 0 Å². The molecule has 1 aliphatic rings. The molecule has 0 spiro atoms. The number of nitrogens with zero attached hydrogens (tertiary/aromatic N) is 1. The molecule has 1 saturated heterocycles. The van der Waals surface area contributed by atoms with Gasteiger partial charge >= 0.3 is 0 Å². The van der Waals surface area contributed by atoms with Crippen molar-refractivity contribution in [1.29, 1.82) is 0 Å². The van der Waals surface area contributed by atoms with Crippen LogP contribution in [0.1, 0.15) is 11.1 Å². The number of rotatable bonds is 5. The Kier molecular flexibility index (Phi) is 7.35. The van der Waals surface area contributed by atoms with E-state index in [0.29, 0.717) is 33.1 Å². The number of benzene rings is 3. The van der Waals surface area contributed by atoms with Crippen LogP contribution in [-0.2, 0) is 11.4 Å². The van der Waals surface area contributed by atoms with Gasteiger partial charge in [-0.3, -0.25) is 4.79 Å². The molecule has 1 fully saturated rings. The molecule has 3 aromatic carbocycles. The lowest BCUT2D eigenvalue weighted by atomic mass is 10.2. The van der Waals surface area contributed by atoms with Crippen LogP contribution >= 0.6 is 55.2 Å². The first-order valence-electron chi connectivity index (χ1n) is 9.29. The quantitative estimate of drug-likeness (QED) is 0.311. The Hall–Kier alpha value is -2.13. The van der Waals surface area contributed by atoms with Crippen molar-refractivity contribution in [3.8, 4) is 5.75 Å². The fraction of sp³-hybridized carbons (Fsp3) is 0.0435. The molecule has 0 bridgehead atoms. The molecule has 162 valence electrons. The van der Waals surface area contributed by atoms with Crippen molar-refractivity contribution in [3.05, 3.63) is 96.5 Å². The Morgan fingerprint density at radius 3 is 2.38 bits per heavy atom. The summed E-state index contributed by atoms with van der Waals surface area (Å²) in [6.07, 6.45) is 1.78. The minimum Gasteiger partial charge on any atom is -0.487 e. The summed E-state index contributed by atoms with van der Waals surface area (Å²) in [5, 5.41) is 3.89. The van der Waals surface area contributed by atoms with Crippen molar-refractivity contribution in [2.24, 2.45) is 4.99 Å². The summed E-state index contributed by atoms with van der Waals surface area (Å²) >= 11 is 14.2. The van der Waals surface area contributed by atoms with Gasteiger partial charge in [0.15, 0.2) is 5.17 Å². The number of amides is 1. The first-order chi connectivity index (χ1) is 15.4. The normalized spacial score (nSPS) is 15.9. The van der Waals surface area contributed by atoms with Crippen LogP contribution in [0.15, 0.2) is 79.5 Å². The van der Waals surface area contributed by atoms with Gasteiger partial charge in [-0.2, -0.15) is 0 Å². The molecule has 1 amide bonds. The van der Waals surface area contributed by atoms with E-state index in [-0.39, 0.29) is 11.7 Å². The molecule has 0 unspecified atom stereocenters. The van der Waals surface area contributed by atoms with Crippen LogP contribution < -0.4 is 10.1 Å². The molecular weight excluding hydrogens is 583 g/mol. The SMILES string of the molecule is O=C1NC(=Nc2ccc(Cl)cc2)S/C1=C\c1cc(Br)c(OCc2ccc(F)cc2)c(Br)c1. The number of thioether (sulfide) groups is 1. The Labute approximate surface area is 210 Å². The molecule has 4 rings (SSSR count). The summed E-state index contributed by atoms with van der Waals surface area (Å²) in [6.45, 7) is 0.292. The van der Waals surface area contributed by atoms with Gasteiger partial charge in [-0.25, -0.2) is 9.38 Å². The fourth-order valence-electron chi connectivity index (χ4n) is 2.80. The molecular formula is C23H14Br2ClFN2O2S. The molecule has 9 heteroatoms. The second kappa shape index (κ2) is 10.2. The van der Waals surface area contributed by atoms with Crippen LogP contribution in [0, 0.1) is 5.82 Å². The van der Waals surface area contributed by atoms with E-state index in [0.717, 1.165) is 20.1 Å². The lowest BCUT2D eigenvalue weighted by Crippen LogP contribution is -2.19. The van der Waals surface area contributed by atoms with Gasteiger partial charge in [0.05, 0.1) is 19.5 Å². The molecule has 0 saturated carbocycles. The molecule has 0 atom stereocenters. The van der Waals surface area contributed by atoms with Gasteiger partial charge in [-0.15, -0.1) is 0 Å². The van der Waals surface area contributed by atoms with Crippen molar-refractivity contribution < 1.29 is 13.9 Å². The minimum absolute atomic E-state index is 0.216. The minimum atomic E-state index is -0.288. The summed E-state index contributed by atoms with van der Waals surface area (Å²) in [4.78, 5) is 17.3. The highest BCUT2D eigenvalue weighted by Gasteiger charge is 2.24. The van der Waals surface area contributed by atoms with Gasteiger partial charge in [-0.1, -0.05) is 23.7 Å². The molecule has 3 aromatic rings. The summed E-state index contributed by atoms with van der Waals surface area (Å²) in [6, 6.07) is 16.9. The molecule has 1 N–H and O–H groups in total. The lowest BCUT2D eigenvalue weighted by molar-refractivity contribution is -0.115. The molecule has 0 aromatic heterocycles. The zero-order chi connectivity index (χ0) is 22.7. The third kappa shape index (κ3) is 5.81. The van der Waals surface area contributed by atoms with E-state index in [2.05, 4.69) is 42.2 Å². The first-order valence-corrected chi connectivity index (χ1v) is 12.1. The number of carbonyl (C=O) groups excluding carboxylic acids is 1. The summed E-state index contributed by atoms with van der Waals surface area (Å²) < 4.78 is 20.4. The Bertz CT molecular complexity index is 1210. The van der Waals surface area contributed by atoms with Gasteiger partial charge in [0.1, 0.15) is 18.2 Å². The molecule has 0 aliphatic carbocycles. The standard InChI is InChI=1S/C23H14Br2ClFN2O2S/c24-18-9-14(10-19(25)21(18)31-12-13-1-5-16(27)6-2-13)11-20-22(30)29-23(32-20)28-17-7-3-15(26)4-8-17/h1-11H,12H2,(H,28,29,30)/b20-11-. The number of hydrogen-bond acceptors (Lipinski definition) is 4. The van der Waals surface area contributed by atoms with Crippen LogP contribution in [0.3, 0.4) is 0 Å². The predicted octanol–water partition coefficient (Wildman–Crippen LogP) is 7.47. The maximum absolute atomic E-state index is 13.1. The van der Waals surface area contributed by atoms with E-state index in [1.807, 2.05) is 12.1 Å². The maximum atomic E-state index is 13.1. The monoisotopic (exact) mass is 594 g/mol. The molecule has 32 heavy (non-hydrogen) atoms. The molecule has 1 aliphatic heterocycles. The fourth-order valence-corrected chi connectivity index (χ4v) is 5.22. The lowest BCUT2D eigenvalue weighted by Gasteiger charge is -2.11. The van der Waals surface area contributed by atoms with Crippen LogP contribution in [0.5, 0.6) is 5.75 Å². The van der Waals surface area contributed by atoms with E-state index in [1.165, 1.54) is 23.9 Å². The molecule has 1 heterocycles. The predicted molar refractivity (Wildman–Crippen MR) is 135 cm³/mol. The van der Waals surface area contributed by atoms with Gasteiger partial charge in [0.2, 0.25) is 0 Å². The highest BCUT2D eigenvalue weighted by atomic mass is 79.9. The Morgan fingerprint density at radius 1 is 1.06 bits per heavy atom. The second-order valence-electron chi connectivity index (χ2n) is 6.69. The zero-order valence-corrected chi connectivity index (χ0v) is 21.0. The van der Waals surface area contributed by atoms with E-state index in [1.54, 1.807) is 42.5 Å². The number of hydrogen-bond donors (Lipinski definition) is 1. The largest absolute Gasteiger partial charge is 0.487 e. The van der Waals surface area contributed by atoms with Crippen molar-refractivity contribution in [1.82, 2.24) is 5.32 Å². The summed E-state index contributed by atoms with van der Waals surface area (Å²) in [5.41, 5.74) is 2.36. The number of carbonyl (C=O) groups is 1. The van der Waals surface area contributed by atoms with E-state index < -0.39 is 0 Å². The third-order valence-corrected chi connectivity index (χ3v) is 6.66. The van der Waals surface area contributed by atoms with Crippen LogP contribution in [0.25, 0.3) is 6.08 Å². The highest BCUT2D eigenvalue weighted by molar-refractivity contribution is 9.11. The Morgan fingerprint density at radius 2 is 1.72 bits per heavy atom. The molecule has 0 radical (unpaired) electrons. The number of aliphatic imine (C=N–C) groups is 1. The Balaban J connectivity index is 1.49. The van der Waals surface area contributed by atoms with Crippen LogP contribution in [0.4, 0.5) is 10.1 Å². The van der Waals surface area contributed by atoms with E-state index >= 15 is 0 Å². The topological polar surface area (TPSA) is 50.7 Å². The second-order valence-corrected chi connectivity index (χ2v) is 9.86. The van der Waals surface area contributed by atoms with Gasteiger partial charge in [-0.05, 0) is 109 Å². The van der Waals surface area contributed by atoms with Gasteiger partial charge in [0.25, 0.3) is 5.91 Å². The van der Waals surface area contributed by atoms with Gasteiger partial charge in [0, 0.05) is 5.02 Å². The first kappa shape index (κ1) is 23.0. The third-order valence-electron chi connectivity index (χ3n) is 4.32. The van der Waals surface area contributed by atoms with Crippen LogP contribution in [0.2, 0.25) is 5.02 Å². The summed E-state index contributed by atoms with van der Waals surface area (Å²) in [5.74, 6) is 0.111. The van der Waals surface area contributed by atoms with Gasteiger partial charge < -0.3 is 10.1 Å². The smallest absolute Gasteiger partial charge is 0.264 e. The average Bonchev–Trinajstić information content (AvgIpc) is 3.09. The van der Waals surface area contributed by atoms with Crippen molar-refractivity contribution in [2.75, 3.05) is 0 Å². The number of halogens is 4.